The summed E-state index contributed by atoms with van der Waals surface area (Å²) >= 11 is 0. The molecule has 0 unspecified atom stereocenters. The summed E-state index contributed by atoms with van der Waals surface area (Å²) in [6.45, 7) is 9.82. The van der Waals surface area contributed by atoms with Crippen LogP contribution in [0.4, 0.5) is 0 Å². The van der Waals surface area contributed by atoms with Gasteiger partial charge in [0.05, 0.1) is 0 Å². The Morgan fingerprint density at radius 2 is 2.15 bits per heavy atom. The molecule has 0 atom stereocenters. The van der Waals surface area contributed by atoms with E-state index in [0.29, 0.717) is 11.2 Å². The SMILES string of the molecule is CC(=O)CCCN1CCC(C)(C)C1. The third-order valence-electron chi connectivity index (χ3n) is 2.76. The van der Waals surface area contributed by atoms with Crippen molar-refractivity contribution in [2.45, 2.75) is 40.0 Å². The highest BCUT2D eigenvalue weighted by Crippen LogP contribution is 2.28. The Morgan fingerprint density at radius 3 is 2.62 bits per heavy atom. The second-order valence-corrected chi connectivity index (χ2v) is 5.00. The second-order valence-electron chi connectivity index (χ2n) is 5.00. The summed E-state index contributed by atoms with van der Waals surface area (Å²) in [5.41, 5.74) is 0.496. The summed E-state index contributed by atoms with van der Waals surface area (Å²) in [6.07, 6.45) is 3.08. The van der Waals surface area contributed by atoms with Crippen molar-refractivity contribution in [2.75, 3.05) is 19.6 Å². The molecule has 0 N–H and O–H groups in total. The first-order chi connectivity index (χ1) is 5.99. The molecule has 0 bridgehead atoms. The maximum atomic E-state index is 10.7. The first-order valence-corrected chi connectivity index (χ1v) is 5.21. The molecule has 1 heterocycles. The van der Waals surface area contributed by atoms with Gasteiger partial charge < -0.3 is 9.69 Å². The fraction of sp³-hybridized carbons (Fsp3) is 0.909. The van der Waals surface area contributed by atoms with Gasteiger partial charge in [0.15, 0.2) is 0 Å². The zero-order valence-electron chi connectivity index (χ0n) is 9.10. The average Bonchev–Trinajstić information content (AvgIpc) is 2.29. The van der Waals surface area contributed by atoms with Gasteiger partial charge in [-0.3, -0.25) is 0 Å². The quantitative estimate of drug-likeness (QED) is 0.665. The van der Waals surface area contributed by atoms with Gasteiger partial charge in [-0.25, -0.2) is 0 Å². The van der Waals surface area contributed by atoms with Crippen LogP contribution >= 0.6 is 0 Å². The van der Waals surface area contributed by atoms with Crippen LogP contribution in [0.15, 0.2) is 0 Å². The van der Waals surface area contributed by atoms with Crippen LogP contribution in [0.3, 0.4) is 0 Å². The molecule has 1 rings (SSSR count). The summed E-state index contributed by atoms with van der Waals surface area (Å²) in [6, 6.07) is 0. The summed E-state index contributed by atoms with van der Waals surface area (Å²) in [7, 11) is 0. The Kier molecular flexibility index (Phi) is 3.48. The molecule has 76 valence electrons. The Hall–Kier alpha value is -0.370. The Labute approximate surface area is 81.3 Å². The van der Waals surface area contributed by atoms with Crippen LogP contribution < -0.4 is 0 Å². The second kappa shape index (κ2) is 4.23. The molecule has 0 aromatic carbocycles. The molecule has 0 aromatic rings. The fourth-order valence-corrected chi connectivity index (χ4v) is 1.97. The van der Waals surface area contributed by atoms with E-state index in [1.54, 1.807) is 6.92 Å². The van der Waals surface area contributed by atoms with Crippen molar-refractivity contribution in [2.24, 2.45) is 5.41 Å². The lowest BCUT2D eigenvalue weighted by atomic mass is 9.93. The average molecular weight is 183 g/mol. The lowest BCUT2D eigenvalue weighted by molar-refractivity contribution is -0.117. The van der Waals surface area contributed by atoms with Crippen LogP contribution in [0.2, 0.25) is 0 Å². The van der Waals surface area contributed by atoms with E-state index in [0.717, 1.165) is 19.4 Å². The van der Waals surface area contributed by atoms with Gasteiger partial charge in [-0.2, -0.15) is 0 Å². The third kappa shape index (κ3) is 3.90. The van der Waals surface area contributed by atoms with Crippen molar-refractivity contribution in [1.82, 2.24) is 4.90 Å². The van der Waals surface area contributed by atoms with Gasteiger partial charge in [-0.1, -0.05) is 13.8 Å². The molecular formula is C11H21NO. The predicted molar refractivity (Wildman–Crippen MR) is 54.8 cm³/mol. The van der Waals surface area contributed by atoms with Gasteiger partial charge in [0.25, 0.3) is 0 Å². The highest BCUT2D eigenvalue weighted by molar-refractivity contribution is 5.75. The minimum atomic E-state index is 0.318. The van der Waals surface area contributed by atoms with E-state index in [9.17, 15) is 4.79 Å². The summed E-state index contributed by atoms with van der Waals surface area (Å²) in [4.78, 5) is 13.2. The minimum absolute atomic E-state index is 0.318. The lowest BCUT2D eigenvalue weighted by Crippen LogP contribution is -2.24. The number of carbonyl (C=O) groups is 1. The Morgan fingerprint density at radius 1 is 1.46 bits per heavy atom. The summed E-state index contributed by atoms with van der Waals surface area (Å²) in [5.74, 6) is 0.318. The molecule has 0 saturated carbocycles. The number of Topliss-reactive ketones (excluding diaryl/α,β-unsaturated/α-hetero) is 1. The van der Waals surface area contributed by atoms with Crippen LogP contribution in [0.5, 0.6) is 0 Å². The molecule has 1 saturated heterocycles. The van der Waals surface area contributed by atoms with E-state index >= 15 is 0 Å². The Balaban J connectivity index is 2.14. The zero-order valence-corrected chi connectivity index (χ0v) is 9.10. The number of rotatable bonds is 4. The van der Waals surface area contributed by atoms with Gasteiger partial charge in [0.1, 0.15) is 5.78 Å². The fourth-order valence-electron chi connectivity index (χ4n) is 1.97. The predicted octanol–water partition coefficient (Wildman–Crippen LogP) is 2.09. The standard InChI is InChI=1S/C11H21NO/c1-10(13)5-4-7-12-8-6-11(2,3)9-12/h4-9H2,1-3H3. The van der Waals surface area contributed by atoms with E-state index in [1.165, 1.54) is 19.5 Å². The smallest absolute Gasteiger partial charge is 0.129 e. The van der Waals surface area contributed by atoms with Crippen molar-refractivity contribution in [1.29, 1.82) is 0 Å². The number of likely N-dealkylation sites (tertiary alicyclic amines) is 1. The maximum absolute atomic E-state index is 10.7. The van der Waals surface area contributed by atoms with Gasteiger partial charge in [-0.05, 0) is 38.3 Å². The molecule has 2 nitrogen and oxygen atoms in total. The molecule has 1 aliphatic rings. The van der Waals surface area contributed by atoms with Crippen molar-refractivity contribution in [3.63, 3.8) is 0 Å². The summed E-state index contributed by atoms with van der Waals surface area (Å²) < 4.78 is 0. The molecule has 1 aliphatic heterocycles. The molecule has 0 aliphatic carbocycles. The largest absolute Gasteiger partial charge is 0.303 e. The Bertz CT molecular complexity index is 187. The van der Waals surface area contributed by atoms with Crippen molar-refractivity contribution < 1.29 is 4.79 Å². The number of carbonyl (C=O) groups excluding carboxylic acids is 1. The number of hydrogen-bond acceptors (Lipinski definition) is 2. The first kappa shape index (κ1) is 10.7. The van der Waals surface area contributed by atoms with E-state index in [4.69, 9.17) is 0 Å². The third-order valence-corrected chi connectivity index (χ3v) is 2.76. The zero-order chi connectivity index (χ0) is 9.90. The summed E-state index contributed by atoms with van der Waals surface area (Å²) in [5, 5.41) is 0. The van der Waals surface area contributed by atoms with Crippen molar-refractivity contribution in [3.05, 3.63) is 0 Å². The normalized spacial score (nSPS) is 22.1. The molecule has 0 amide bonds. The number of hydrogen-bond donors (Lipinski definition) is 0. The van der Waals surface area contributed by atoms with Crippen LogP contribution in [0.1, 0.15) is 40.0 Å². The van der Waals surface area contributed by atoms with Gasteiger partial charge in [-0.15, -0.1) is 0 Å². The molecule has 0 spiro atoms. The molecular weight excluding hydrogens is 162 g/mol. The van der Waals surface area contributed by atoms with Crippen LogP contribution in [-0.2, 0) is 4.79 Å². The minimum Gasteiger partial charge on any atom is -0.303 e. The number of ketones is 1. The van der Waals surface area contributed by atoms with E-state index in [1.807, 2.05) is 0 Å². The van der Waals surface area contributed by atoms with E-state index < -0.39 is 0 Å². The lowest BCUT2D eigenvalue weighted by Gasteiger charge is -2.19. The van der Waals surface area contributed by atoms with E-state index in [-0.39, 0.29) is 0 Å². The van der Waals surface area contributed by atoms with E-state index in [2.05, 4.69) is 18.7 Å². The highest BCUT2D eigenvalue weighted by atomic mass is 16.1. The molecule has 0 radical (unpaired) electrons. The van der Waals surface area contributed by atoms with Crippen LogP contribution in [0, 0.1) is 5.41 Å². The first-order valence-electron chi connectivity index (χ1n) is 5.21. The van der Waals surface area contributed by atoms with Crippen molar-refractivity contribution in [3.8, 4) is 0 Å². The molecule has 0 aromatic heterocycles. The molecule has 13 heavy (non-hydrogen) atoms. The van der Waals surface area contributed by atoms with Gasteiger partial charge in [0.2, 0.25) is 0 Å². The molecule has 2 heteroatoms. The monoisotopic (exact) mass is 183 g/mol. The van der Waals surface area contributed by atoms with Gasteiger partial charge in [0, 0.05) is 13.0 Å². The van der Waals surface area contributed by atoms with Crippen LogP contribution in [-0.4, -0.2) is 30.3 Å². The van der Waals surface area contributed by atoms with Gasteiger partial charge >= 0.3 is 0 Å². The maximum Gasteiger partial charge on any atom is 0.129 e. The van der Waals surface area contributed by atoms with Crippen molar-refractivity contribution >= 4 is 5.78 Å². The number of nitrogens with zero attached hydrogens (tertiary/aromatic N) is 1. The topological polar surface area (TPSA) is 20.3 Å². The molecule has 1 fully saturated rings. The highest BCUT2D eigenvalue weighted by Gasteiger charge is 2.28. The van der Waals surface area contributed by atoms with Crippen LogP contribution in [0.25, 0.3) is 0 Å².